The zero-order valence-corrected chi connectivity index (χ0v) is 14.9. The van der Waals surface area contributed by atoms with Gasteiger partial charge in [-0.25, -0.2) is 9.97 Å². The molecule has 0 radical (unpaired) electrons. The molecule has 1 saturated heterocycles. The number of rotatable bonds is 5. The van der Waals surface area contributed by atoms with Crippen LogP contribution in [0.4, 0.5) is 11.6 Å². The number of piperidine rings is 1. The lowest BCUT2D eigenvalue weighted by Crippen LogP contribution is -2.40. The Balaban J connectivity index is 1.35. The summed E-state index contributed by atoms with van der Waals surface area (Å²) in [7, 11) is 0. The number of carbonyl (C=O) groups is 1. The molecule has 1 atom stereocenters. The molecule has 2 N–H and O–H groups in total. The van der Waals surface area contributed by atoms with Crippen molar-refractivity contribution >= 4 is 17.5 Å². The third-order valence-electron chi connectivity index (χ3n) is 4.66. The van der Waals surface area contributed by atoms with Crippen molar-refractivity contribution in [2.45, 2.75) is 19.3 Å². The highest BCUT2D eigenvalue weighted by Crippen LogP contribution is 2.21. The number of nitrogens with one attached hydrogen (secondary N) is 2. The van der Waals surface area contributed by atoms with E-state index in [2.05, 4.69) is 30.5 Å². The zero-order chi connectivity index (χ0) is 18.5. The monoisotopic (exact) mass is 363 g/mol. The van der Waals surface area contributed by atoms with Gasteiger partial charge in [-0.05, 0) is 43.4 Å². The number of nitrogens with zero attached hydrogens (tertiary/aromatic N) is 5. The molecule has 8 heteroatoms. The van der Waals surface area contributed by atoms with Gasteiger partial charge in [-0.2, -0.15) is 5.10 Å². The highest BCUT2D eigenvalue weighted by Gasteiger charge is 2.25. The quantitative estimate of drug-likeness (QED) is 0.722. The van der Waals surface area contributed by atoms with Crippen molar-refractivity contribution in [2.24, 2.45) is 5.92 Å². The van der Waals surface area contributed by atoms with E-state index in [1.807, 2.05) is 23.1 Å². The van der Waals surface area contributed by atoms with Gasteiger partial charge in [0.05, 0.1) is 18.1 Å². The van der Waals surface area contributed by atoms with Crippen LogP contribution < -0.4 is 5.32 Å². The lowest BCUT2D eigenvalue weighted by molar-refractivity contribution is 0.0666. The Morgan fingerprint density at radius 2 is 2.11 bits per heavy atom. The van der Waals surface area contributed by atoms with Gasteiger partial charge in [-0.3, -0.25) is 14.9 Å². The molecule has 0 spiro atoms. The maximum Gasteiger partial charge on any atom is 0.271 e. The van der Waals surface area contributed by atoms with Crippen LogP contribution in [0.1, 0.15) is 29.0 Å². The number of H-pyrrole nitrogens is 1. The first-order valence-corrected chi connectivity index (χ1v) is 9.05. The van der Waals surface area contributed by atoms with Crippen molar-refractivity contribution in [3.05, 3.63) is 60.4 Å². The lowest BCUT2D eigenvalue weighted by atomic mass is 9.93. The molecule has 1 fully saturated rings. The van der Waals surface area contributed by atoms with Crippen LogP contribution >= 0.6 is 0 Å². The number of amides is 1. The molecule has 4 rings (SSSR count). The first-order valence-electron chi connectivity index (χ1n) is 9.05. The van der Waals surface area contributed by atoms with E-state index in [9.17, 15) is 4.79 Å². The topological polar surface area (TPSA) is 99.7 Å². The highest BCUT2D eigenvalue weighted by molar-refractivity contribution is 5.92. The number of aromatic nitrogens is 5. The molecule has 0 aromatic carbocycles. The average Bonchev–Trinajstić information content (AvgIpc) is 3.25. The molecule has 0 bridgehead atoms. The normalized spacial score (nSPS) is 16.9. The molecular formula is C19H21N7O. The maximum absolute atomic E-state index is 12.5. The summed E-state index contributed by atoms with van der Waals surface area (Å²) in [6.45, 7) is 1.51. The van der Waals surface area contributed by atoms with Crippen LogP contribution in [0.25, 0.3) is 0 Å². The predicted molar refractivity (Wildman–Crippen MR) is 100 cm³/mol. The van der Waals surface area contributed by atoms with Gasteiger partial charge in [0.25, 0.3) is 5.91 Å². The Labute approximate surface area is 157 Å². The van der Waals surface area contributed by atoms with Gasteiger partial charge < -0.3 is 10.2 Å². The van der Waals surface area contributed by atoms with Gasteiger partial charge in [-0.15, -0.1) is 0 Å². The Morgan fingerprint density at radius 3 is 2.85 bits per heavy atom. The van der Waals surface area contributed by atoms with Crippen molar-refractivity contribution in [1.82, 2.24) is 30.0 Å². The minimum atomic E-state index is 0.0122. The van der Waals surface area contributed by atoms with Gasteiger partial charge >= 0.3 is 0 Å². The van der Waals surface area contributed by atoms with Crippen LogP contribution in [0, 0.1) is 5.92 Å². The van der Waals surface area contributed by atoms with E-state index in [1.165, 1.54) is 0 Å². The van der Waals surface area contributed by atoms with Crippen LogP contribution in [0.15, 0.2) is 49.1 Å². The first kappa shape index (κ1) is 17.1. The molecule has 8 nitrogen and oxygen atoms in total. The molecule has 3 aromatic heterocycles. The Kier molecular flexibility index (Phi) is 5.04. The third-order valence-corrected chi connectivity index (χ3v) is 4.66. The standard InChI is InChI=1S/C19H21N7O/c27-19(16-6-8-23-25-16)26-9-3-4-14(13-26)10-15-11-22-18(12-21-15)24-17-5-1-2-7-20-17/h1-2,5-8,11-12,14H,3-4,9-10,13H2,(H,23,25)(H,20,22,24)/t14-/m1/s1. The van der Waals surface area contributed by atoms with E-state index < -0.39 is 0 Å². The summed E-state index contributed by atoms with van der Waals surface area (Å²) in [5.41, 5.74) is 1.47. The van der Waals surface area contributed by atoms with Crippen molar-refractivity contribution in [3.8, 4) is 0 Å². The van der Waals surface area contributed by atoms with E-state index in [-0.39, 0.29) is 5.91 Å². The summed E-state index contributed by atoms with van der Waals surface area (Å²) < 4.78 is 0. The van der Waals surface area contributed by atoms with E-state index in [1.54, 1.807) is 30.9 Å². The lowest BCUT2D eigenvalue weighted by Gasteiger charge is -2.32. The fraction of sp³-hybridized carbons (Fsp3) is 0.316. The number of pyridine rings is 1. The molecule has 0 aliphatic carbocycles. The number of hydrogen-bond acceptors (Lipinski definition) is 6. The van der Waals surface area contributed by atoms with Crippen molar-refractivity contribution in [3.63, 3.8) is 0 Å². The summed E-state index contributed by atoms with van der Waals surface area (Å²) in [4.78, 5) is 27.5. The number of aromatic amines is 1. The van der Waals surface area contributed by atoms with Gasteiger partial charge in [0.15, 0.2) is 0 Å². The number of likely N-dealkylation sites (tertiary alicyclic amines) is 1. The van der Waals surface area contributed by atoms with E-state index in [0.717, 1.165) is 43.9 Å². The number of hydrogen-bond donors (Lipinski definition) is 2. The zero-order valence-electron chi connectivity index (χ0n) is 14.9. The third kappa shape index (κ3) is 4.28. The second-order valence-electron chi connectivity index (χ2n) is 6.67. The van der Waals surface area contributed by atoms with Crippen LogP contribution in [0.5, 0.6) is 0 Å². The summed E-state index contributed by atoms with van der Waals surface area (Å²) in [6.07, 6.45) is 9.74. The molecule has 1 amide bonds. The number of carbonyl (C=O) groups excluding carboxylic acids is 1. The fourth-order valence-corrected chi connectivity index (χ4v) is 3.35. The molecule has 0 saturated carbocycles. The van der Waals surface area contributed by atoms with Crippen molar-refractivity contribution in [1.29, 1.82) is 0 Å². The summed E-state index contributed by atoms with van der Waals surface area (Å²) in [5, 5.41) is 9.74. The Morgan fingerprint density at radius 1 is 1.15 bits per heavy atom. The highest BCUT2D eigenvalue weighted by atomic mass is 16.2. The molecule has 1 aliphatic rings. The summed E-state index contributed by atoms with van der Waals surface area (Å²) in [6, 6.07) is 7.37. The minimum absolute atomic E-state index is 0.0122. The fourth-order valence-electron chi connectivity index (χ4n) is 3.35. The SMILES string of the molecule is O=C(c1ccn[nH]1)N1CCC[C@H](Cc2cnc(Nc3ccccn3)cn2)C1. The molecule has 0 unspecified atom stereocenters. The molecule has 4 heterocycles. The Hall–Kier alpha value is -3.29. The second-order valence-corrected chi connectivity index (χ2v) is 6.67. The van der Waals surface area contributed by atoms with Crippen molar-refractivity contribution in [2.75, 3.05) is 18.4 Å². The predicted octanol–water partition coefficient (Wildman–Crippen LogP) is 2.43. The maximum atomic E-state index is 12.5. The second kappa shape index (κ2) is 7.94. The minimum Gasteiger partial charge on any atom is -0.337 e. The van der Waals surface area contributed by atoms with Crippen molar-refractivity contribution < 1.29 is 4.79 Å². The summed E-state index contributed by atoms with van der Waals surface area (Å²) >= 11 is 0. The van der Waals surface area contributed by atoms with Crippen LogP contribution in [-0.2, 0) is 6.42 Å². The molecule has 138 valence electrons. The van der Waals surface area contributed by atoms with E-state index >= 15 is 0 Å². The van der Waals surface area contributed by atoms with E-state index in [0.29, 0.717) is 17.4 Å². The van der Waals surface area contributed by atoms with Crippen LogP contribution in [0.3, 0.4) is 0 Å². The van der Waals surface area contributed by atoms with E-state index in [4.69, 9.17) is 0 Å². The smallest absolute Gasteiger partial charge is 0.271 e. The molecule has 1 aliphatic heterocycles. The Bertz CT molecular complexity index is 865. The molecule has 3 aromatic rings. The van der Waals surface area contributed by atoms with Crippen LogP contribution in [-0.4, -0.2) is 49.0 Å². The largest absolute Gasteiger partial charge is 0.337 e. The van der Waals surface area contributed by atoms with Gasteiger partial charge in [0, 0.05) is 25.5 Å². The van der Waals surface area contributed by atoms with Crippen LogP contribution in [0.2, 0.25) is 0 Å². The van der Waals surface area contributed by atoms with Gasteiger partial charge in [-0.1, -0.05) is 6.07 Å². The molecule has 27 heavy (non-hydrogen) atoms. The number of anilines is 2. The summed E-state index contributed by atoms with van der Waals surface area (Å²) in [5.74, 6) is 1.80. The van der Waals surface area contributed by atoms with Gasteiger partial charge in [0.1, 0.15) is 17.3 Å². The first-order chi connectivity index (χ1) is 13.3. The van der Waals surface area contributed by atoms with Gasteiger partial charge in [0.2, 0.25) is 0 Å². The average molecular weight is 363 g/mol. The molecular weight excluding hydrogens is 342 g/mol.